The van der Waals surface area contributed by atoms with Crippen LogP contribution in [0.4, 0.5) is 0 Å². The number of aromatic nitrogens is 3. The van der Waals surface area contributed by atoms with E-state index >= 15 is 0 Å². The summed E-state index contributed by atoms with van der Waals surface area (Å²) in [7, 11) is 3.60. The number of fused-ring (bicyclic) bond motifs is 1. The van der Waals surface area contributed by atoms with Gasteiger partial charge in [0.05, 0.1) is 6.54 Å². The molecule has 1 fully saturated rings. The van der Waals surface area contributed by atoms with Crippen molar-refractivity contribution in [2.75, 3.05) is 27.3 Å². The fraction of sp³-hybridized carbons (Fsp3) is 0.824. The molecule has 0 bridgehead atoms. The minimum atomic E-state index is 0.351. The molecule has 1 aliphatic carbocycles. The van der Waals surface area contributed by atoms with Gasteiger partial charge in [-0.1, -0.05) is 12.8 Å². The SMILES string of the molecule is CN=C(NCc1nnc2n1CCC2)NCC1(CCOC)CCCC1. The normalized spacial score (nSPS) is 19.5. The first-order valence-electron chi connectivity index (χ1n) is 9.11. The zero-order chi connectivity index (χ0) is 16.8. The summed E-state index contributed by atoms with van der Waals surface area (Å²) in [6.07, 6.45) is 8.53. The third-order valence-electron chi connectivity index (χ3n) is 5.46. The van der Waals surface area contributed by atoms with Crippen LogP contribution in [0.1, 0.15) is 50.2 Å². The van der Waals surface area contributed by atoms with Crippen molar-refractivity contribution in [3.63, 3.8) is 0 Å². The Kier molecular flexibility index (Phi) is 5.71. The smallest absolute Gasteiger partial charge is 0.191 e. The van der Waals surface area contributed by atoms with E-state index in [0.717, 1.165) is 50.1 Å². The molecule has 2 N–H and O–H groups in total. The van der Waals surface area contributed by atoms with E-state index in [4.69, 9.17) is 4.74 Å². The van der Waals surface area contributed by atoms with E-state index in [1.54, 1.807) is 7.11 Å². The van der Waals surface area contributed by atoms with Crippen molar-refractivity contribution in [3.8, 4) is 0 Å². The van der Waals surface area contributed by atoms with Crippen molar-refractivity contribution < 1.29 is 4.74 Å². The van der Waals surface area contributed by atoms with Crippen LogP contribution in [-0.2, 0) is 24.2 Å². The van der Waals surface area contributed by atoms with Crippen LogP contribution in [-0.4, -0.2) is 48.0 Å². The van der Waals surface area contributed by atoms with Gasteiger partial charge >= 0.3 is 0 Å². The topological polar surface area (TPSA) is 76.4 Å². The molecule has 1 saturated carbocycles. The molecule has 2 aliphatic rings. The van der Waals surface area contributed by atoms with Gasteiger partial charge in [0.2, 0.25) is 0 Å². The van der Waals surface area contributed by atoms with Gasteiger partial charge in [0.1, 0.15) is 5.82 Å². The highest BCUT2D eigenvalue weighted by atomic mass is 16.5. The zero-order valence-electron chi connectivity index (χ0n) is 15.0. The summed E-state index contributed by atoms with van der Waals surface area (Å²) < 4.78 is 7.53. The molecule has 0 spiro atoms. The van der Waals surface area contributed by atoms with Crippen LogP contribution < -0.4 is 10.6 Å². The lowest BCUT2D eigenvalue weighted by molar-refractivity contribution is 0.138. The van der Waals surface area contributed by atoms with Gasteiger partial charge in [-0.2, -0.15) is 0 Å². The summed E-state index contributed by atoms with van der Waals surface area (Å²) in [6.45, 7) is 3.48. The maximum atomic E-state index is 5.31. The fourth-order valence-electron chi connectivity index (χ4n) is 3.95. The van der Waals surface area contributed by atoms with Gasteiger partial charge in [-0.3, -0.25) is 4.99 Å². The van der Waals surface area contributed by atoms with Crippen LogP contribution in [0.25, 0.3) is 0 Å². The number of methoxy groups -OCH3 is 1. The first kappa shape index (κ1) is 17.2. The van der Waals surface area contributed by atoms with E-state index in [1.165, 1.54) is 32.1 Å². The number of aryl methyl sites for hydroxylation is 1. The molecule has 2 heterocycles. The Morgan fingerprint density at radius 1 is 1.25 bits per heavy atom. The van der Waals surface area contributed by atoms with E-state index in [1.807, 2.05) is 7.05 Å². The van der Waals surface area contributed by atoms with Crippen LogP contribution in [0, 0.1) is 5.41 Å². The summed E-state index contributed by atoms with van der Waals surface area (Å²) >= 11 is 0. The van der Waals surface area contributed by atoms with E-state index in [0.29, 0.717) is 12.0 Å². The van der Waals surface area contributed by atoms with E-state index in [-0.39, 0.29) is 0 Å². The quantitative estimate of drug-likeness (QED) is 0.583. The number of hydrogen-bond donors (Lipinski definition) is 2. The van der Waals surface area contributed by atoms with E-state index < -0.39 is 0 Å². The second-order valence-electron chi connectivity index (χ2n) is 7.02. The van der Waals surface area contributed by atoms with Crippen LogP contribution in [0.2, 0.25) is 0 Å². The number of rotatable bonds is 7. The molecule has 1 aromatic rings. The molecular formula is C17H30N6O. The predicted molar refractivity (Wildman–Crippen MR) is 93.9 cm³/mol. The number of nitrogens with one attached hydrogen (secondary N) is 2. The first-order valence-corrected chi connectivity index (χ1v) is 9.11. The van der Waals surface area contributed by atoms with Crippen molar-refractivity contribution in [1.82, 2.24) is 25.4 Å². The molecule has 24 heavy (non-hydrogen) atoms. The van der Waals surface area contributed by atoms with Crippen molar-refractivity contribution in [2.24, 2.45) is 10.4 Å². The van der Waals surface area contributed by atoms with Gasteiger partial charge in [-0.25, -0.2) is 0 Å². The largest absolute Gasteiger partial charge is 0.385 e. The summed E-state index contributed by atoms with van der Waals surface area (Å²) in [5.74, 6) is 2.95. The van der Waals surface area contributed by atoms with Crippen molar-refractivity contribution in [3.05, 3.63) is 11.6 Å². The highest BCUT2D eigenvalue weighted by molar-refractivity contribution is 5.79. The molecule has 0 saturated heterocycles. The Labute approximate surface area is 144 Å². The maximum absolute atomic E-state index is 5.31. The Hall–Kier alpha value is -1.63. The second kappa shape index (κ2) is 7.96. The minimum Gasteiger partial charge on any atom is -0.385 e. The average molecular weight is 334 g/mol. The molecule has 0 radical (unpaired) electrons. The molecule has 7 nitrogen and oxygen atoms in total. The molecule has 7 heteroatoms. The molecule has 0 unspecified atom stereocenters. The highest BCUT2D eigenvalue weighted by Gasteiger charge is 2.33. The van der Waals surface area contributed by atoms with Crippen molar-refractivity contribution >= 4 is 5.96 Å². The molecular weight excluding hydrogens is 304 g/mol. The number of nitrogens with zero attached hydrogens (tertiary/aromatic N) is 4. The second-order valence-corrected chi connectivity index (χ2v) is 7.02. The molecule has 0 amide bonds. The molecule has 1 aromatic heterocycles. The van der Waals surface area contributed by atoms with E-state index in [2.05, 4.69) is 30.4 Å². The summed E-state index contributed by atoms with van der Waals surface area (Å²) in [5, 5.41) is 15.4. The lowest BCUT2D eigenvalue weighted by Gasteiger charge is -2.29. The van der Waals surface area contributed by atoms with Gasteiger partial charge in [0.15, 0.2) is 11.8 Å². The monoisotopic (exact) mass is 334 g/mol. The predicted octanol–water partition coefficient (Wildman–Crippen LogP) is 1.49. The third-order valence-corrected chi connectivity index (χ3v) is 5.46. The zero-order valence-corrected chi connectivity index (χ0v) is 15.0. The molecule has 0 atom stereocenters. The first-order chi connectivity index (χ1) is 11.8. The molecule has 134 valence electrons. The summed E-state index contributed by atoms with van der Waals surface area (Å²) in [5.41, 5.74) is 0.351. The van der Waals surface area contributed by atoms with Crippen LogP contribution in [0.15, 0.2) is 4.99 Å². The Morgan fingerprint density at radius 2 is 2.08 bits per heavy atom. The molecule has 3 rings (SSSR count). The maximum Gasteiger partial charge on any atom is 0.191 e. The van der Waals surface area contributed by atoms with Gasteiger partial charge in [0.25, 0.3) is 0 Å². The average Bonchev–Trinajstić information content (AvgIpc) is 3.31. The minimum absolute atomic E-state index is 0.351. The number of guanidine groups is 1. The van der Waals surface area contributed by atoms with Crippen LogP contribution in [0.5, 0.6) is 0 Å². The Balaban J connectivity index is 1.51. The molecule has 0 aromatic carbocycles. The lowest BCUT2D eigenvalue weighted by atomic mass is 9.83. The highest BCUT2D eigenvalue weighted by Crippen LogP contribution is 2.40. The fourth-order valence-corrected chi connectivity index (χ4v) is 3.95. The standard InChI is InChI=1S/C17H30N6O/c1-18-16(19-12-15-22-21-14-6-5-10-23(14)15)20-13-17(9-11-24-2)7-3-4-8-17/h3-13H2,1-2H3,(H2,18,19,20). The summed E-state index contributed by atoms with van der Waals surface area (Å²) in [4.78, 5) is 4.36. The number of aliphatic imine (C=N–C) groups is 1. The Morgan fingerprint density at radius 3 is 2.83 bits per heavy atom. The van der Waals surface area contributed by atoms with E-state index in [9.17, 15) is 0 Å². The van der Waals surface area contributed by atoms with Gasteiger partial charge < -0.3 is 19.9 Å². The Bertz CT molecular complexity index is 561. The van der Waals surface area contributed by atoms with Crippen molar-refractivity contribution in [2.45, 2.75) is 58.0 Å². The number of ether oxygens (including phenoxy) is 1. The number of hydrogen-bond acceptors (Lipinski definition) is 4. The third kappa shape index (κ3) is 3.88. The van der Waals surface area contributed by atoms with Gasteiger partial charge in [-0.15, -0.1) is 10.2 Å². The van der Waals surface area contributed by atoms with Crippen LogP contribution in [0.3, 0.4) is 0 Å². The molecule has 1 aliphatic heterocycles. The van der Waals surface area contributed by atoms with Gasteiger partial charge in [-0.05, 0) is 31.1 Å². The lowest BCUT2D eigenvalue weighted by Crippen LogP contribution is -2.43. The summed E-state index contributed by atoms with van der Waals surface area (Å²) in [6, 6.07) is 0. The van der Waals surface area contributed by atoms with Crippen molar-refractivity contribution in [1.29, 1.82) is 0 Å². The van der Waals surface area contributed by atoms with Gasteiger partial charge in [0, 0.05) is 40.3 Å². The van der Waals surface area contributed by atoms with Crippen LogP contribution >= 0.6 is 0 Å².